The second-order valence-corrected chi connectivity index (χ2v) is 38.4. The minimum absolute atomic E-state index is 1.12. The van der Waals surface area contributed by atoms with Crippen molar-refractivity contribution in [2.45, 2.75) is 152 Å². The molecule has 1 aromatic heterocycles. The van der Waals surface area contributed by atoms with Crippen molar-refractivity contribution < 1.29 is 0 Å². The molecule has 1 heterocycles. The molecule has 39 heavy (non-hydrogen) atoms. The molecule has 222 valence electrons. The SMILES string of the molecule is CCC[CH2][Sn](/[CH]=C/C(C)=C/c1cc(/C=[CH]/[Sn]([CH2]CCC)([CH2]CCC)[CH2]CCC)ccn1)([CH2]CCC)[CH2]CCC. The van der Waals surface area contributed by atoms with Gasteiger partial charge in [-0.25, -0.2) is 0 Å². The van der Waals surface area contributed by atoms with Crippen LogP contribution in [-0.4, -0.2) is 41.7 Å². The number of pyridine rings is 1. The van der Waals surface area contributed by atoms with Crippen molar-refractivity contribution in [1.29, 1.82) is 0 Å². The molecule has 0 aliphatic heterocycles. The molecule has 0 aliphatic carbocycles. The zero-order valence-corrected chi connectivity index (χ0v) is 33.0. The topological polar surface area (TPSA) is 12.9 Å². The number of hydrogen-bond acceptors (Lipinski definition) is 1. The van der Waals surface area contributed by atoms with Crippen molar-refractivity contribution in [3.8, 4) is 0 Å². The van der Waals surface area contributed by atoms with Crippen molar-refractivity contribution >= 4 is 48.9 Å². The maximum absolute atomic E-state index is 4.76. The Hall–Kier alpha value is -0.0326. The van der Waals surface area contributed by atoms with E-state index < -0.39 is 36.8 Å². The van der Waals surface area contributed by atoms with E-state index in [1.165, 1.54) is 115 Å². The average molecular weight is 749 g/mol. The number of unbranched alkanes of at least 4 members (excludes halogenated alkanes) is 6. The Kier molecular flexibility index (Phi) is 21.4. The number of rotatable bonds is 23. The summed E-state index contributed by atoms with van der Waals surface area (Å²) in [5, 5.41) is 0. The van der Waals surface area contributed by atoms with Crippen LogP contribution in [0.3, 0.4) is 0 Å². The second-order valence-electron chi connectivity index (χ2n) is 12.4. The molecule has 0 N–H and O–H groups in total. The molecule has 3 heteroatoms. The zero-order chi connectivity index (χ0) is 28.8. The molecule has 0 atom stereocenters. The summed E-state index contributed by atoms with van der Waals surface area (Å²) < 4.78 is 14.8. The first-order valence-electron chi connectivity index (χ1n) is 16.9. The van der Waals surface area contributed by atoms with E-state index >= 15 is 0 Å². The summed E-state index contributed by atoms with van der Waals surface area (Å²) in [5.74, 6) is 0. The van der Waals surface area contributed by atoms with Crippen LogP contribution in [0, 0.1) is 0 Å². The monoisotopic (exact) mass is 751 g/mol. The first-order chi connectivity index (χ1) is 18.9. The standard InChI is InChI=1S/C12H11N.6C4H9.2Sn/c1-4-10(3)8-12-9-11(5-2)6-7-13-12;6*1-3-4-2;;/h1-2,4-9H,3H3;6*1,3-4H2,2H3;;/b4-1?,5-2?,10-8+;;;;;;;;. The molecule has 0 radical (unpaired) electrons. The van der Waals surface area contributed by atoms with Crippen LogP contribution in [0.25, 0.3) is 12.2 Å². The molecule has 1 aromatic rings. The molecular formula is C36H65NSn2. The molecule has 1 rings (SSSR count). The Morgan fingerprint density at radius 2 is 1.05 bits per heavy atom. The summed E-state index contributed by atoms with van der Waals surface area (Å²) in [6, 6.07) is 4.54. The molecule has 0 spiro atoms. The fourth-order valence-corrected chi connectivity index (χ4v) is 34.5. The van der Waals surface area contributed by atoms with Gasteiger partial charge >= 0.3 is 255 Å². The van der Waals surface area contributed by atoms with Crippen LogP contribution in [0.1, 0.15) is 137 Å². The van der Waals surface area contributed by atoms with Gasteiger partial charge in [0.25, 0.3) is 0 Å². The number of aromatic nitrogens is 1. The summed E-state index contributed by atoms with van der Waals surface area (Å²) >= 11 is -4.51. The van der Waals surface area contributed by atoms with Crippen LogP contribution in [0.2, 0.25) is 26.6 Å². The van der Waals surface area contributed by atoms with Gasteiger partial charge in [-0.15, -0.1) is 0 Å². The molecular weight excluding hydrogens is 684 g/mol. The Morgan fingerprint density at radius 1 is 0.641 bits per heavy atom. The van der Waals surface area contributed by atoms with Crippen LogP contribution in [0.4, 0.5) is 0 Å². The molecule has 0 bridgehead atoms. The summed E-state index contributed by atoms with van der Waals surface area (Å²) in [4.78, 5) is 4.76. The molecule has 0 fully saturated rings. The zero-order valence-electron chi connectivity index (χ0n) is 27.3. The Bertz CT molecular complexity index is 795. The quantitative estimate of drug-likeness (QED) is 0.0802. The van der Waals surface area contributed by atoms with Crippen LogP contribution in [0.15, 0.2) is 38.2 Å². The summed E-state index contributed by atoms with van der Waals surface area (Å²) in [6.07, 6.45) is 25.9. The van der Waals surface area contributed by atoms with Crippen LogP contribution in [0.5, 0.6) is 0 Å². The fourth-order valence-electron chi connectivity index (χ4n) is 5.93. The van der Waals surface area contributed by atoms with E-state index in [1.807, 2.05) is 6.20 Å². The maximum atomic E-state index is 4.76. The van der Waals surface area contributed by atoms with Gasteiger partial charge in [0, 0.05) is 0 Å². The van der Waals surface area contributed by atoms with Gasteiger partial charge in [0.05, 0.1) is 0 Å². The summed E-state index contributed by atoms with van der Waals surface area (Å²) in [7, 11) is 0. The molecule has 0 saturated carbocycles. The van der Waals surface area contributed by atoms with Gasteiger partial charge in [-0.2, -0.15) is 0 Å². The molecule has 0 unspecified atom stereocenters. The van der Waals surface area contributed by atoms with Crippen molar-refractivity contribution in [3.05, 3.63) is 49.4 Å². The van der Waals surface area contributed by atoms with Gasteiger partial charge in [-0.3, -0.25) is 0 Å². The average Bonchev–Trinajstić information content (AvgIpc) is 2.96. The van der Waals surface area contributed by atoms with Crippen molar-refractivity contribution in [2.75, 3.05) is 0 Å². The van der Waals surface area contributed by atoms with E-state index in [-0.39, 0.29) is 0 Å². The molecule has 0 saturated heterocycles. The fraction of sp³-hybridized carbons (Fsp3) is 0.694. The summed E-state index contributed by atoms with van der Waals surface area (Å²) in [6.45, 7) is 16.5. The third-order valence-electron chi connectivity index (χ3n) is 8.68. The predicted molar refractivity (Wildman–Crippen MR) is 186 cm³/mol. The van der Waals surface area contributed by atoms with Crippen molar-refractivity contribution in [3.63, 3.8) is 0 Å². The Balaban J connectivity index is 3.18. The van der Waals surface area contributed by atoms with E-state index in [2.05, 4.69) is 87.0 Å². The van der Waals surface area contributed by atoms with Crippen LogP contribution < -0.4 is 0 Å². The van der Waals surface area contributed by atoms with E-state index in [0.29, 0.717) is 0 Å². The van der Waals surface area contributed by atoms with Crippen molar-refractivity contribution in [1.82, 2.24) is 4.98 Å². The van der Waals surface area contributed by atoms with Crippen LogP contribution in [-0.2, 0) is 0 Å². The van der Waals surface area contributed by atoms with Crippen molar-refractivity contribution in [2.24, 2.45) is 0 Å². The molecule has 0 aromatic carbocycles. The van der Waals surface area contributed by atoms with E-state index in [9.17, 15) is 0 Å². The van der Waals surface area contributed by atoms with Gasteiger partial charge in [0.1, 0.15) is 0 Å². The minimum atomic E-state index is -2.27. The van der Waals surface area contributed by atoms with Gasteiger partial charge in [-0.05, 0) is 0 Å². The van der Waals surface area contributed by atoms with E-state index in [1.54, 1.807) is 0 Å². The molecule has 0 aliphatic rings. The Labute approximate surface area is 253 Å². The second kappa shape index (κ2) is 22.6. The van der Waals surface area contributed by atoms with Crippen LogP contribution >= 0.6 is 0 Å². The van der Waals surface area contributed by atoms with Gasteiger partial charge < -0.3 is 0 Å². The number of allylic oxidation sites excluding steroid dienone is 2. The van der Waals surface area contributed by atoms with Gasteiger partial charge in [0.2, 0.25) is 0 Å². The van der Waals surface area contributed by atoms with E-state index in [4.69, 9.17) is 4.98 Å². The number of hydrogen-bond donors (Lipinski definition) is 0. The summed E-state index contributed by atoms with van der Waals surface area (Å²) in [5.41, 5.74) is 3.84. The first kappa shape index (κ1) is 37.0. The Morgan fingerprint density at radius 3 is 1.46 bits per heavy atom. The third kappa shape index (κ3) is 15.7. The van der Waals surface area contributed by atoms with E-state index in [0.717, 1.165) is 5.69 Å². The van der Waals surface area contributed by atoms with Gasteiger partial charge in [-0.1, -0.05) is 0 Å². The first-order valence-corrected chi connectivity index (χ1v) is 32.3. The van der Waals surface area contributed by atoms with Gasteiger partial charge in [0.15, 0.2) is 0 Å². The normalized spacial score (nSPS) is 13.3. The molecule has 0 amide bonds. The number of nitrogens with zero attached hydrogens (tertiary/aromatic N) is 1. The predicted octanol–water partition coefficient (Wildman–Crippen LogP) is 12.8. The third-order valence-corrected chi connectivity index (χ3v) is 36.8. The molecule has 1 nitrogen and oxygen atoms in total.